The normalized spacial score (nSPS) is 23.5. The highest BCUT2D eigenvalue weighted by Gasteiger charge is 2.70. The number of ether oxygens (including phenoxy) is 1. The minimum absolute atomic E-state index is 0.196. The summed E-state index contributed by atoms with van der Waals surface area (Å²) in [5.41, 5.74) is 3.85. The number of Topliss-reactive ketones (excluding diaryl/α,β-unsaturated/α-hetero) is 2. The molecule has 6 heteroatoms. The van der Waals surface area contributed by atoms with E-state index < -0.39 is 23.4 Å². The Balaban J connectivity index is 1.52. The van der Waals surface area contributed by atoms with E-state index in [1.54, 1.807) is 43.5 Å². The van der Waals surface area contributed by atoms with Crippen molar-refractivity contribution in [3.05, 3.63) is 131 Å². The van der Waals surface area contributed by atoms with Gasteiger partial charge in [0.05, 0.1) is 19.1 Å². The average Bonchev–Trinajstić information content (AvgIpc) is 3.49. The van der Waals surface area contributed by atoms with Gasteiger partial charge in [-0.1, -0.05) is 72.3 Å². The number of carbonyl (C=O) groups excluding carboxylic acids is 3. The summed E-state index contributed by atoms with van der Waals surface area (Å²) in [4.78, 5) is 45.8. The van der Waals surface area contributed by atoms with Crippen molar-refractivity contribution in [3.8, 4) is 5.75 Å². The average molecular weight is 541 g/mol. The lowest BCUT2D eigenvalue weighted by atomic mass is 9.64. The summed E-state index contributed by atoms with van der Waals surface area (Å²) in [5, 5.41) is 3.07. The Labute approximate surface area is 238 Å². The summed E-state index contributed by atoms with van der Waals surface area (Å²) in [7, 11) is 1.57. The maximum Gasteiger partial charge on any atom is 0.238 e. The highest BCUT2D eigenvalue weighted by molar-refractivity contribution is 6.18. The molecule has 0 saturated carbocycles. The van der Waals surface area contributed by atoms with Crippen molar-refractivity contribution in [2.75, 3.05) is 17.3 Å². The lowest BCUT2D eigenvalue weighted by Crippen LogP contribution is -2.51. The molecule has 1 N–H and O–H groups in total. The van der Waals surface area contributed by atoms with Crippen molar-refractivity contribution in [3.63, 3.8) is 0 Å². The molecule has 3 aliphatic heterocycles. The Bertz CT molecular complexity index is 1740. The van der Waals surface area contributed by atoms with Gasteiger partial charge in [-0.25, -0.2) is 0 Å². The van der Waals surface area contributed by atoms with E-state index in [1.807, 2.05) is 78.6 Å². The van der Waals surface area contributed by atoms with Crippen LogP contribution in [0.4, 0.5) is 11.4 Å². The molecule has 1 saturated heterocycles. The van der Waals surface area contributed by atoms with Gasteiger partial charge in [0.1, 0.15) is 17.2 Å². The predicted molar refractivity (Wildman–Crippen MR) is 159 cm³/mol. The molecule has 3 heterocycles. The van der Waals surface area contributed by atoms with E-state index in [1.165, 1.54) is 0 Å². The van der Waals surface area contributed by atoms with Crippen LogP contribution in [-0.2, 0) is 10.2 Å². The van der Waals surface area contributed by atoms with Gasteiger partial charge in [0, 0.05) is 22.5 Å². The molecular formula is C35H28N2O4. The second-order valence-electron chi connectivity index (χ2n) is 10.9. The number of benzene rings is 4. The number of para-hydroxylation sites is 1. The molecule has 202 valence electrons. The zero-order valence-corrected chi connectivity index (χ0v) is 22.7. The second-order valence-corrected chi connectivity index (χ2v) is 10.9. The van der Waals surface area contributed by atoms with Gasteiger partial charge in [0.2, 0.25) is 5.91 Å². The molecule has 0 aromatic heterocycles. The Kier molecular flexibility index (Phi) is 5.68. The van der Waals surface area contributed by atoms with E-state index in [2.05, 4.69) is 11.4 Å². The molecule has 0 radical (unpaired) electrons. The number of anilines is 2. The number of carbonyl (C=O) groups is 3. The van der Waals surface area contributed by atoms with E-state index in [0.29, 0.717) is 22.6 Å². The molecule has 7 rings (SSSR count). The second kappa shape index (κ2) is 9.30. The van der Waals surface area contributed by atoms with E-state index in [4.69, 9.17) is 4.74 Å². The van der Waals surface area contributed by atoms with Gasteiger partial charge in [-0.2, -0.15) is 0 Å². The smallest absolute Gasteiger partial charge is 0.238 e. The summed E-state index contributed by atoms with van der Waals surface area (Å²) in [5.74, 6) is -1.12. The van der Waals surface area contributed by atoms with E-state index in [0.717, 1.165) is 22.4 Å². The minimum atomic E-state index is -1.33. The molecule has 4 aromatic carbocycles. The summed E-state index contributed by atoms with van der Waals surface area (Å²) in [6.45, 7) is 2.02. The Hall–Kier alpha value is -4.97. The number of rotatable bonds is 5. The largest absolute Gasteiger partial charge is 0.497 e. The first-order valence-electron chi connectivity index (χ1n) is 13.7. The van der Waals surface area contributed by atoms with Crippen LogP contribution < -0.4 is 15.0 Å². The zero-order valence-electron chi connectivity index (χ0n) is 22.7. The van der Waals surface area contributed by atoms with Gasteiger partial charge in [-0.05, 0) is 60.5 Å². The zero-order chi connectivity index (χ0) is 28.3. The Morgan fingerprint density at radius 1 is 0.854 bits per heavy atom. The van der Waals surface area contributed by atoms with Crippen LogP contribution in [-0.4, -0.2) is 36.7 Å². The van der Waals surface area contributed by atoms with Crippen molar-refractivity contribution >= 4 is 34.9 Å². The third kappa shape index (κ3) is 3.53. The monoisotopic (exact) mass is 540 g/mol. The number of hydrogen-bond acceptors (Lipinski definition) is 5. The van der Waals surface area contributed by atoms with Gasteiger partial charge in [-0.3, -0.25) is 14.4 Å². The van der Waals surface area contributed by atoms with Crippen molar-refractivity contribution in [2.45, 2.75) is 24.4 Å². The molecular weight excluding hydrogens is 512 g/mol. The molecule has 0 bridgehead atoms. The molecule has 1 amide bonds. The Morgan fingerprint density at radius 3 is 2.32 bits per heavy atom. The first-order valence-corrected chi connectivity index (χ1v) is 13.7. The highest BCUT2D eigenvalue weighted by atomic mass is 16.5. The first kappa shape index (κ1) is 25.0. The maximum absolute atomic E-state index is 14.8. The molecule has 4 aromatic rings. The van der Waals surface area contributed by atoms with Gasteiger partial charge in [0.15, 0.2) is 11.6 Å². The van der Waals surface area contributed by atoms with Crippen LogP contribution in [0.15, 0.2) is 103 Å². The van der Waals surface area contributed by atoms with Crippen LogP contribution >= 0.6 is 0 Å². The fourth-order valence-corrected chi connectivity index (χ4v) is 7.01. The summed E-state index contributed by atoms with van der Waals surface area (Å²) in [6.07, 6.45) is 4.01. The van der Waals surface area contributed by atoms with Crippen LogP contribution in [0.3, 0.4) is 0 Å². The first-order chi connectivity index (χ1) is 19.9. The van der Waals surface area contributed by atoms with Gasteiger partial charge in [-0.15, -0.1) is 0 Å². The number of nitrogens with zero attached hydrogens (tertiary/aromatic N) is 1. The van der Waals surface area contributed by atoms with Gasteiger partial charge >= 0.3 is 0 Å². The van der Waals surface area contributed by atoms with Crippen LogP contribution in [0.2, 0.25) is 0 Å². The number of amides is 1. The van der Waals surface area contributed by atoms with E-state index in [-0.39, 0.29) is 17.5 Å². The summed E-state index contributed by atoms with van der Waals surface area (Å²) >= 11 is 0. The highest BCUT2D eigenvalue weighted by Crippen LogP contribution is 2.58. The standard InChI is InChI=1S/C35H28N2O4/c1-21-12-18-28-24(20-21)15-19-29-35(26-10-6-7-11-27(26)36-34(35)40)30(32(38)23-13-16-25(41-2)17-14-23)31(37(28)29)33(39)22-8-4-3-5-9-22/h3-20,29-31H,1-2H3,(H,36,40)/t29-,30+,31+,35-/m1/s1. The number of fused-ring (bicyclic) bond motifs is 6. The lowest BCUT2D eigenvalue weighted by molar-refractivity contribution is -0.121. The van der Waals surface area contributed by atoms with Crippen LogP contribution in [0.25, 0.3) is 6.08 Å². The third-order valence-corrected chi connectivity index (χ3v) is 8.77. The third-order valence-electron chi connectivity index (χ3n) is 8.77. The van der Waals surface area contributed by atoms with E-state index in [9.17, 15) is 14.4 Å². The van der Waals surface area contributed by atoms with Gasteiger partial charge < -0.3 is 15.0 Å². The minimum Gasteiger partial charge on any atom is -0.497 e. The van der Waals surface area contributed by atoms with Crippen LogP contribution in [0.1, 0.15) is 37.4 Å². The van der Waals surface area contributed by atoms with Crippen molar-refractivity contribution < 1.29 is 19.1 Å². The number of ketones is 2. The molecule has 4 atom stereocenters. The molecule has 1 fully saturated rings. The molecule has 41 heavy (non-hydrogen) atoms. The summed E-state index contributed by atoms with van der Waals surface area (Å²) < 4.78 is 5.33. The Morgan fingerprint density at radius 2 is 1.56 bits per heavy atom. The molecule has 6 nitrogen and oxygen atoms in total. The SMILES string of the molecule is COc1ccc(C(=O)[C@@H]2[C@@H](C(=O)c3ccccc3)N3c4ccc(C)cc4C=C[C@@H]3[C@@]23C(=O)Nc2ccccc23)cc1. The topological polar surface area (TPSA) is 75.7 Å². The molecule has 1 spiro atoms. The van der Waals surface area contributed by atoms with Gasteiger partial charge in [0.25, 0.3) is 0 Å². The molecule has 0 unspecified atom stereocenters. The van der Waals surface area contributed by atoms with Crippen LogP contribution in [0.5, 0.6) is 5.75 Å². The van der Waals surface area contributed by atoms with E-state index >= 15 is 0 Å². The van der Waals surface area contributed by atoms with Crippen molar-refractivity contribution in [1.82, 2.24) is 0 Å². The van der Waals surface area contributed by atoms with Crippen molar-refractivity contribution in [2.24, 2.45) is 5.92 Å². The number of hydrogen-bond donors (Lipinski definition) is 1. The molecule has 0 aliphatic carbocycles. The predicted octanol–water partition coefficient (Wildman–Crippen LogP) is 5.86. The number of nitrogens with one attached hydrogen (secondary N) is 1. The lowest BCUT2D eigenvalue weighted by Gasteiger charge is -2.37. The number of aryl methyl sites for hydroxylation is 1. The maximum atomic E-state index is 14.8. The molecule has 3 aliphatic rings. The fourth-order valence-electron chi connectivity index (χ4n) is 7.01. The number of methoxy groups -OCH3 is 1. The fraction of sp³-hybridized carbons (Fsp3) is 0.171. The van der Waals surface area contributed by atoms with Crippen molar-refractivity contribution in [1.29, 1.82) is 0 Å². The summed E-state index contributed by atoms with van der Waals surface area (Å²) in [6, 6.07) is 28.0. The quantitative estimate of drug-likeness (QED) is 0.321. The van der Waals surface area contributed by atoms with Crippen LogP contribution in [0, 0.1) is 12.8 Å².